The van der Waals surface area contributed by atoms with Crippen molar-refractivity contribution >= 4 is 64.2 Å². The Hall–Kier alpha value is 0.0900. The molecule has 0 aliphatic heterocycles. The van der Waals surface area contributed by atoms with Gasteiger partial charge >= 0.3 is 11.6 Å². The summed E-state index contributed by atoms with van der Waals surface area (Å²) < 4.78 is 32.0. The van der Waals surface area contributed by atoms with Gasteiger partial charge in [-0.3, -0.25) is 19.2 Å². The molecular weight excluding hydrogens is 464 g/mol. The molecule has 26 heavy (non-hydrogen) atoms. The molecule has 1 unspecified atom stereocenters. The van der Waals surface area contributed by atoms with Gasteiger partial charge in [-0.25, -0.2) is 4.68 Å². The minimum absolute atomic E-state index is 0.196. The highest BCUT2D eigenvalue weighted by Gasteiger charge is 2.20. The molecule has 1 amide bonds. The standard InChI is InChI=1S/C6H11N2O4PS3.C4H10NO3PS/c1-10-5-7-8(6(9)16-5)4-15-13(14,11-2)12-3;1-4(6)5-9(7,8-2)10-3/h4H2,1-3H3;1-3H3,(H,5,6,7). The largest absolute Gasteiger partial charge is 0.472 e. The Kier molecular flexibility index (Phi) is 12.6. The zero-order chi connectivity index (χ0) is 20.4. The van der Waals surface area contributed by atoms with Gasteiger partial charge in [0.05, 0.1) is 7.11 Å². The first-order chi connectivity index (χ1) is 12.1. The lowest BCUT2D eigenvalue weighted by Crippen LogP contribution is -2.15. The number of rotatable bonds is 9. The number of carbonyl (C=O) groups excluding carboxylic acids is 1. The number of carbonyl (C=O) groups is 1. The molecule has 1 atom stereocenters. The molecule has 0 aromatic carbocycles. The van der Waals surface area contributed by atoms with E-state index in [-0.39, 0.29) is 16.7 Å². The summed E-state index contributed by atoms with van der Waals surface area (Å²) in [6.45, 7) is -1.63. The zero-order valence-corrected chi connectivity index (χ0v) is 20.0. The molecule has 0 bridgehead atoms. The van der Waals surface area contributed by atoms with Crippen LogP contribution in [0.1, 0.15) is 6.92 Å². The van der Waals surface area contributed by atoms with E-state index < -0.39 is 12.4 Å². The molecule has 1 aromatic rings. The number of nitrogens with one attached hydrogen (secondary N) is 1. The molecule has 0 saturated carbocycles. The van der Waals surface area contributed by atoms with Gasteiger partial charge < -0.3 is 18.3 Å². The number of amides is 1. The Morgan fingerprint density at radius 2 is 1.88 bits per heavy atom. The molecule has 1 N–H and O–H groups in total. The Bertz CT molecular complexity index is 710. The maximum absolute atomic E-state index is 11.4. The fourth-order valence-electron chi connectivity index (χ4n) is 1.12. The average Bonchev–Trinajstić information content (AvgIpc) is 2.99. The van der Waals surface area contributed by atoms with Crippen LogP contribution in [0.2, 0.25) is 0 Å². The molecule has 1 heterocycles. The molecule has 0 spiro atoms. The van der Waals surface area contributed by atoms with Gasteiger partial charge in [-0.1, -0.05) is 11.4 Å². The van der Waals surface area contributed by atoms with E-state index in [0.29, 0.717) is 5.19 Å². The molecule has 10 nitrogen and oxygen atoms in total. The number of hydrogen-bond acceptors (Lipinski definition) is 12. The minimum Gasteiger partial charge on any atom is -0.472 e. The number of nitrogens with zero attached hydrogens (tertiary/aromatic N) is 2. The molecule has 0 fully saturated rings. The smallest absolute Gasteiger partial charge is 0.352 e. The normalized spacial score (nSPS) is 13.3. The summed E-state index contributed by atoms with van der Waals surface area (Å²) in [6.07, 6.45) is 1.61. The first-order valence-electron chi connectivity index (χ1n) is 6.57. The minimum atomic E-state index is -2.92. The molecule has 0 aliphatic rings. The van der Waals surface area contributed by atoms with Gasteiger partial charge in [-0.15, -0.1) is 5.10 Å². The van der Waals surface area contributed by atoms with Crippen molar-refractivity contribution in [2.24, 2.45) is 0 Å². The second kappa shape index (κ2) is 12.5. The van der Waals surface area contributed by atoms with Crippen LogP contribution in [0.15, 0.2) is 4.79 Å². The molecular formula is C10H21N3O7P2S4. The van der Waals surface area contributed by atoms with E-state index in [1.165, 1.54) is 51.4 Å². The second-order valence-electron chi connectivity index (χ2n) is 3.94. The van der Waals surface area contributed by atoms with Crippen LogP contribution in [0.25, 0.3) is 0 Å². The van der Waals surface area contributed by atoms with Crippen LogP contribution >= 0.6 is 46.5 Å². The summed E-state index contributed by atoms with van der Waals surface area (Å²) in [7, 11) is 5.74. The Morgan fingerprint density at radius 1 is 1.31 bits per heavy atom. The third kappa shape index (κ3) is 9.34. The highest BCUT2D eigenvalue weighted by atomic mass is 32.9. The lowest BCUT2D eigenvalue weighted by molar-refractivity contribution is -0.117. The van der Waals surface area contributed by atoms with E-state index in [4.69, 9.17) is 25.6 Å². The molecule has 0 saturated heterocycles. The van der Waals surface area contributed by atoms with Crippen molar-refractivity contribution in [3.63, 3.8) is 0 Å². The predicted molar refractivity (Wildman–Crippen MR) is 111 cm³/mol. The summed E-state index contributed by atoms with van der Waals surface area (Å²) in [5.74, 6) is -0.0583. The van der Waals surface area contributed by atoms with E-state index in [0.717, 1.165) is 22.7 Å². The fraction of sp³-hybridized carbons (Fsp3) is 0.700. The lowest BCUT2D eigenvalue weighted by Gasteiger charge is -2.15. The maximum Gasteiger partial charge on any atom is 0.352 e. The van der Waals surface area contributed by atoms with Crippen molar-refractivity contribution in [3.8, 4) is 5.19 Å². The van der Waals surface area contributed by atoms with Crippen LogP contribution < -0.4 is 14.7 Å². The third-order valence-electron chi connectivity index (χ3n) is 2.32. The summed E-state index contributed by atoms with van der Waals surface area (Å²) in [4.78, 5) is 21.6. The molecule has 0 radical (unpaired) electrons. The van der Waals surface area contributed by atoms with Crippen LogP contribution in [-0.4, -0.2) is 50.4 Å². The van der Waals surface area contributed by atoms with Crippen LogP contribution in [0, 0.1) is 0 Å². The Labute approximate surface area is 168 Å². The van der Waals surface area contributed by atoms with Crippen LogP contribution in [0.4, 0.5) is 0 Å². The number of ether oxygens (including phenoxy) is 1. The van der Waals surface area contributed by atoms with Crippen molar-refractivity contribution in [1.82, 2.24) is 14.9 Å². The van der Waals surface area contributed by atoms with E-state index in [1.807, 2.05) is 0 Å². The van der Waals surface area contributed by atoms with E-state index in [2.05, 4.69) is 14.7 Å². The summed E-state index contributed by atoms with van der Waals surface area (Å²) in [5, 5.41) is 6.48. The second-order valence-corrected chi connectivity index (χ2v) is 15.8. The van der Waals surface area contributed by atoms with Crippen molar-refractivity contribution < 1.29 is 27.7 Å². The summed E-state index contributed by atoms with van der Waals surface area (Å²) >= 11 is 8.33. The van der Waals surface area contributed by atoms with Gasteiger partial charge in [0.1, 0.15) is 5.88 Å². The molecule has 152 valence electrons. The number of aromatic nitrogens is 2. The quantitative estimate of drug-likeness (QED) is 0.520. The van der Waals surface area contributed by atoms with E-state index >= 15 is 0 Å². The highest BCUT2D eigenvalue weighted by Crippen LogP contribution is 2.60. The average molecular weight is 486 g/mol. The van der Waals surface area contributed by atoms with Crippen molar-refractivity contribution in [2.45, 2.75) is 12.8 Å². The van der Waals surface area contributed by atoms with Crippen molar-refractivity contribution in [3.05, 3.63) is 9.67 Å². The van der Waals surface area contributed by atoms with Gasteiger partial charge in [-0.05, 0) is 40.8 Å². The van der Waals surface area contributed by atoms with Crippen molar-refractivity contribution in [1.29, 1.82) is 0 Å². The number of methoxy groups -OCH3 is 1. The van der Waals surface area contributed by atoms with Gasteiger partial charge in [0.2, 0.25) is 11.6 Å². The molecule has 1 aromatic heterocycles. The van der Waals surface area contributed by atoms with Crippen LogP contribution in [0.3, 0.4) is 0 Å². The van der Waals surface area contributed by atoms with Crippen LogP contribution in [0.5, 0.6) is 5.19 Å². The van der Waals surface area contributed by atoms with E-state index in [1.54, 1.807) is 6.26 Å². The first kappa shape index (κ1) is 26.1. The molecule has 1 rings (SSSR count). The molecule has 16 heteroatoms. The van der Waals surface area contributed by atoms with Crippen LogP contribution in [-0.2, 0) is 40.6 Å². The lowest BCUT2D eigenvalue weighted by atomic mass is 10.8. The SMILES string of the molecule is COP(=O)(NC(C)=O)SC.COc1nn(CSP(=S)(OC)OC)c(=O)s1. The van der Waals surface area contributed by atoms with E-state index in [9.17, 15) is 14.2 Å². The molecule has 0 aliphatic carbocycles. The first-order valence-corrected chi connectivity index (χ1v) is 15.1. The Morgan fingerprint density at radius 3 is 2.19 bits per heavy atom. The zero-order valence-electron chi connectivity index (χ0n) is 15.0. The monoisotopic (exact) mass is 485 g/mol. The summed E-state index contributed by atoms with van der Waals surface area (Å²) in [5.41, 5.74) is -2.35. The summed E-state index contributed by atoms with van der Waals surface area (Å²) in [6, 6.07) is 0. The maximum atomic E-state index is 11.4. The Balaban J connectivity index is 0.000000541. The van der Waals surface area contributed by atoms with Gasteiger partial charge in [0, 0.05) is 28.3 Å². The fourth-order valence-corrected chi connectivity index (χ4v) is 6.20. The van der Waals surface area contributed by atoms with Gasteiger partial charge in [-0.2, -0.15) is 0 Å². The van der Waals surface area contributed by atoms with Gasteiger partial charge in [0.25, 0.3) is 5.19 Å². The third-order valence-corrected chi connectivity index (χ3v) is 12.4. The highest BCUT2D eigenvalue weighted by molar-refractivity contribution is 8.67. The predicted octanol–water partition coefficient (Wildman–Crippen LogP) is 2.76. The number of hydrogen-bond donors (Lipinski definition) is 1. The topological polar surface area (TPSA) is 118 Å². The van der Waals surface area contributed by atoms with Gasteiger partial charge in [0.15, 0.2) is 0 Å². The van der Waals surface area contributed by atoms with Crippen molar-refractivity contribution in [2.75, 3.05) is 34.7 Å².